The van der Waals surface area contributed by atoms with Crippen LogP contribution in [-0.4, -0.2) is 37.4 Å². The topological polar surface area (TPSA) is 41.1 Å². The van der Waals surface area contributed by atoms with Crippen LogP contribution < -0.4 is 10.6 Å². The second kappa shape index (κ2) is 4.94. The molecule has 2 atom stereocenters. The smallest absolute Gasteiger partial charge is 0.351 e. The molecule has 2 unspecified atom stereocenters. The number of hydrogen-bond donors (Lipinski definition) is 2. The first-order valence-electron chi connectivity index (χ1n) is 5.18. The largest absolute Gasteiger partial charge is 0.409 e. The highest BCUT2D eigenvalue weighted by molar-refractivity contribution is 5.80. The summed E-state index contributed by atoms with van der Waals surface area (Å²) in [6.45, 7) is 2.23. The van der Waals surface area contributed by atoms with Crippen molar-refractivity contribution in [2.45, 2.75) is 25.3 Å². The minimum Gasteiger partial charge on any atom is -0.351 e. The fourth-order valence-corrected chi connectivity index (χ4v) is 1.75. The molecule has 0 aromatic carbocycles. The highest BCUT2D eigenvalue weighted by Crippen LogP contribution is 2.39. The van der Waals surface area contributed by atoms with Crippen molar-refractivity contribution < 1.29 is 31.1 Å². The summed E-state index contributed by atoms with van der Waals surface area (Å²) in [4.78, 5) is 11.2. The van der Waals surface area contributed by atoms with E-state index in [1.807, 2.05) is 0 Å². The molecule has 18 heavy (non-hydrogen) atoms. The number of rotatable bonds is 2. The Bertz CT molecular complexity index is 299. The van der Waals surface area contributed by atoms with Gasteiger partial charge < -0.3 is 10.6 Å². The molecule has 2 N–H and O–H groups in total. The van der Waals surface area contributed by atoms with Gasteiger partial charge in [-0.1, -0.05) is 6.92 Å². The van der Waals surface area contributed by atoms with E-state index >= 15 is 0 Å². The lowest BCUT2D eigenvalue weighted by Gasteiger charge is -2.25. The Labute approximate surface area is 98.9 Å². The van der Waals surface area contributed by atoms with E-state index in [0.29, 0.717) is 6.54 Å². The predicted octanol–water partition coefficient (Wildman–Crippen LogP) is 1.45. The lowest BCUT2D eigenvalue weighted by Crippen LogP contribution is -2.51. The summed E-state index contributed by atoms with van der Waals surface area (Å²) < 4.78 is 73.4. The van der Waals surface area contributed by atoms with Crippen LogP contribution in [0.2, 0.25) is 0 Å². The van der Waals surface area contributed by atoms with Gasteiger partial charge in [-0.2, -0.15) is 26.3 Å². The van der Waals surface area contributed by atoms with Gasteiger partial charge in [-0.05, 0) is 12.5 Å². The van der Waals surface area contributed by atoms with Crippen LogP contribution in [0.5, 0.6) is 0 Å². The maximum absolute atomic E-state index is 12.2. The van der Waals surface area contributed by atoms with Gasteiger partial charge in [-0.25, -0.2) is 0 Å². The van der Waals surface area contributed by atoms with E-state index in [9.17, 15) is 31.1 Å². The fourth-order valence-electron chi connectivity index (χ4n) is 1.75. The summed E-state index contributed by atoms with van der Waals surface area (Å²) >= 11 is 0. The van der Waals surface area contributed by atoms with Crippen molar-refractivity contribution in [1.29, 1.82) is 0 Å². The van der Waals surface area contributed by atoms with Gasteiger partial charge in [0.2, 0.25) is 11.8 Å². The number of halogens is 6. The molecule has 3 nitrogen and oxygen atoms in total. The van der Waals surface area contributed by atoms with Crippen molar-refractivity contribution in [1.82, 2.24) is 10.6 Å². The van der Waals surface area contributed by atoms with Crippen molar-refractivity contribution >= 4 is 5.91 Å². The molecule has 9 heteroatoms. The average molecular weight is 278 g/mol. The normalized spacial score (nSPS) is 25.6. The molecule has 1 rings (SSSR count). The number of nitrogens with one attached hydrogen (secondary N) is 2. The summed E-state index contributed by atoms with van der Waals surface area (Å²) in [5.74, 6) is -6.23. The summed E-state index contributed by atoms with van der Waals surface area (Å²) in [6, 6.07) is -0.718. The molecule has 0 radical (unpaired) electrons. The highest BCUT2D eigenvalue weighted by atomic mass is 19.4. The van der Waals surface area contributed by atoms with Gasteiger partial charge in [0.25, 0.3) is 0 Å². The van der Waals surface area contributed by atoms with Crippen LogP contribution in [0, 0.1) is 11.8 Å². The number of carbonyl (C=O) groups excluding carboxylic acids is 1. The van der Waals surface area contributed by atoms with Crippen molar-refractivity contribution in [3.63, 3.8) is 0 Å². The van der Waals surface area contributed by atoms with Gasteiger partial charge in [-0.3, -0.25) is 4.79 Å². The first-order valence-corrected chi connectivity index (χ1v) is 5.18. The number of hydrogen-bond acceptors (Lipinski definition) is 2. The molecule has 0 saturated carbocycles. The van der Waals surface area contributed by atoms with E-state index in [2.05, 4.69) is 5.32 Å². The molecular formula is C9H12F6N2O. The monoisotopic (exact) mass is 278 g/mol. The van der Waals surface area contributed by atoms with Crippen molar-refractivity contribution in [3.8, 4) is 0 Å². The van der Waals surface area contributed by atoms with E-state index in [1.165, 1.54) is 0 Å². The molecule has 106 valence electrons. The van der Waals surface area contributed by atoms with Crippen LogP contribution in [0.1, 0.15) is 6.92 Å². The minimum atomic E-state index is -5.64. The van der Waals surface area contributed by atoms with Crippen molar-refractivity contribution in [3.05, 3.63) is 0 Å². The molecule has 1 saturated heterocycles. The zero-order chi connectivity index (χ0) is 14.1. The maximum atomic E-state index is 12.2. The molecule has 0 bridgehead atoms. The zero-order valence-electron chi connectivity index (χ0n) is 9.32. The number of amides is 1. The molecule has 1 aliphatic heterocycles. The molecule has 1 aliphatic rings. The van der Waals surface area contributed by atoms with E-state index in [1.54, 1.807) is 12.2 Å². The van der Waals surface area contributed by atoms with Gasteiger partial charge in [-0.15, -0.1) is 0 Å². The molecular weight excluding hydrogens is 266 g/mol. The molecule has 1 heterocycles. The van der Waals surface area contributed by atoms with E-state index < -0.39 is 30.2 Å². The van der Waals surface area contributed by atoms with E-state index in [-0.39, 0.29) is 12.5 Å². The Morgan fingerprint density at radius 1 is 1.17 bits per heavy atom. The average Bonchev–Trinajstić information content (AvgIpc) is 2.45. The molecule has 1 fully saturated rings. The second-order valence-electron chi connectivity index (χ2n) is 4.27. The van der Waals surface area contributed by atoms with Gasteiger partial charge in [0, 0.05) is 12.6 Å². The summed E-state index contributed by atoms with van der Waals surface area (Å²) in [7, 11) is 0. The van der Waals surface area contributed by atoms with Gasteiger partial charge in [0.05, 0.1) is 0 Å². The Morgan fingerprint density at radius 2 is 1.67 bits per heavy atom. The Kier molecular flexibility index (Phi) is 4.14. The first-order chi connectivity index (χ1) is 8.03. The Morgan fingerprint density at radius 3 is 2.00 bits per heavy atom. The van der Waals surface area contributed by atoms with Crippen LogP contribution in [0.25, 0.3) is 0 Å². The molecule has 0 spiro atoms. The standard InChI is InChI=1S/C9H12F6N2O/c1-4-2-16-3-5(4)17-7(18)6(8(10,11)12)9(13,14)15/h4-6,16H,2-3H2,1H3,(H,17,18). The fraction of sp³-hybridized carbons (Fsp3) is 0.889. The maximum Gasteiger partial charge on any atom is 0.409 e. The van der Waals surface area contributed by atoms with E-state index in [0.717, 1.165) is 0 Å². The highest BCUT2D eigenvalue weighted by Gasteiger charge is 2.61. The summed E-state index contributed by atoms with van der Waals surface area (Å²) in [6.07, 6.45) is -11.3. The molecule has 0 aromatic heterocycles. The van der Waals surface area contributed by atoms with Crippen molar-refractivity contribution in [2.24, 2.45) is 11.8 Å². The van der Waals surface area contributed by atoms with Gasteiger partial charge in [0.15, 0.2) is 0 Å². The Balaban J connectivity index is 2.78. The first kappa shape index (κ1) is 15.1. The van der Waals surface area contributed by atoms with Crippen LogP contribution in [0.4, 0.5) is 26.3 Å². The van der Waals surface area contributed by atoms with Crippen LogP contribution >= 0.6 is 0 Å². The van der Waals surface area contributed by atoms with Crippen molar-refractivity contribution in [2.75, 3.05) is 13.1 Å². The third-order valence-electron chi connectivity index (χ3n) is 2.76. The van der Waals surface area contributed by atoms with Crippen LogP contribution in [-0.2, 0) is 4.79 Å². The quantitative estimate of drug-likeness (QED) is 0.751. The Hall–Kier alpha value is -0.990. The lowest BCUT2D eigenvalue weighted by atomic mass is 10.0. The number of alkyl halides is 6. The predicted molar refractivity (Wildman–Crippen MR) is 49.6 cm³/mol. The summed E-state index contributed by atoms with van der Waals surface area (Å²) in [5.41, 5.74) is 0. The third kappa shape index (κ3) is 3.50. The minimum absolute atomic E-state index is 0.162. The molecule has 1 amide bonds. The molecule has 0 aliphatic carbocycles. The van der Waals surface area contributed by atoms with Gasteiger partial charge in [0.1, 0.15) is 0 Å². The third-order valence-corrected chi connectivity index (χ3v) is 2.76. The van der Waals surface area contributed by atoms with Crippen LogP contribution in [0.15, 0.2) is 0 Å². The van der Waals surface area contributed by atoms with E-state index in [4.69, 9.17) is 0 Å². The summed E-state index contributed by atoms with van der Waals surface area (Å²) in [5, 5.41) is 4.57. The zero-order valence-corrected chi connectivity index (χ0v) is 9.32. The number of carbonyl (C=O) groups is 1. The lowest BCUT2D eigenvalue weighted by molar-refractivity contribution is -0.274. The van der Waals surface area contributed by atoms with Gasteiger partial charge >= 0.3 is 12.4 Å². The second-order valence-corrected chi connectivity index (χ2v) is 4.27. The van der Waals surface area contributed by atoms with Crippen LogP contribution in [0.3, 0.4) is 0 Å². The SMILES string of the molecule is CC1CNCC1NC(=O)C(C(F)(F)F)C(F)(F)F. The molecule has 0 aromatic rings.